The highest BCUT2D eigenvalue weighted by molar-refractivity contribution is 4.48. The van der Waals surface area contributed by atoms with E-state index in [1.165, 1.54) is 70.6 Å². The van der Waals surface area contributed by atoms with Gasteiger partial charge >= 0.3 is 0 Å². The van der Waals surface area contributed by atoms with Crippen LogP contribution < -0.4 is 0 Å². The van der Waals surface area contributed by atoms with Gasteiger partial charge in [-0.25, -0.2) is 0 Å². The molecule has 0 atom stereocenters. The molecule has 0 radical (unpaired) electrons. The summed E-state index contributed by atoms with van der Waals surface area (Å²) in [5, 5.41) is 0. The molecule has 0 fully saturated rings. The minimum absolute atomic E-state index is 0.728. The molecule has 22 heavy (non-hydrogen) atoms. The minimum Gasteiger partial charge on any atom is -0.379 e. The Morgan fingerprint density at radius 1 is 0.545 bits per heavy atom. The fourth-order valence-electron chi connectivity index (χ4n) is 2.44. The van der Waals surface area contributed by atoms with Crippen molar-refractivity contribution in [2.24, 2.45) is 0 Å². The van der Waals surface area contributed by atoms with E-state index in [0.717, 1.165) is 33.0 Å². The third kappa shape index (κ3) is 19.9. The number of nitrogens with zero attached hydrogens (tertiary/aromatic N) is 1. The van der Waals surface area contributed by atoms with Crippen LogP contribution in [0, 0.1) is 0 Å². The van der Waals surface area contributed by atoms with Crippen LogP contribution in [0.2, 0.25) is 0 Å². The first-order valence-electron chi connectivity index (χ1n) is 9.57. The second-order valence-electron chi connectivity index (χ2n) is 6.56. The lowest BCUT2D eigenvalue weighted by molar-refractivity contribution is 0.0414. The zero-order chi connectivity index (χ0) is 16.3. The number of unbranched alkanes of at least 4 members (excludes halogenated alkanes) is 10. The quantitative estimate of drug-likeness (QED) is 0.336. The molecule has 0 heterocycles. The van der Waals surface area contributed by atoms with Gasteiger partial charge in [-0.1, -0.05) is 71.1 Å². The molecule has 3 nitrogen and oxygen atoms in total. The molecule has 0 saturated carbocycles. The number of hydrogen-bond donors (Lipinski definition) is 0. The summed E-state index contributed by atoms with van der Waals surface area (Å²) in [6.45, 7) is 6.43. The smallest absolute Gasteiger partial charge is 0.0701 e. The van der Waals surface area contributed by atoms with Crippen molar-refractivity contribution in [3.8, 4) is 0 Å². The van der Waals surface area contributed by atoms with Crippen LogP contribution in [-0.2, 0) is 9.47 Å². The van der Waals surface area contributed by atoms with Crippen molar-refractivity contribution < 1.29 is 9.47 Å². The summed E-state index contributed by atoms with van der Waals surface area (Å²) in [4.78, 5) is 2.13. The molecule has 0 aliphatic heterocycles. The zero-order valence-corrected chi connectivity index (χ0v) is 15.6. The molecule has 0 aromatic carbocycles. The molecule has 0 aromatic heterocycles. The maximum Gasteiger partial charge on any atom is 0.0701 e. The Hall–Kier alpha value is -0.120. The molecule has 0 spiro atoms. The average Bonchev–Trinajstić information content (AvgIpc) is 2.50. The Kier molecular flexibility index (Phi) is 18.8. The second-order valence-corrected chi connectivity index (χ2v) is 6.56. The van der Waals surface area contributed by atoms with E-state index in [1.807, 2.05) is 0 Å². The summed E-state index contributed by atoms with van der Waals surface area (Å²) in [6, 6.07) is 0. The monoisotopic (exact) mass is 315 g/mol. The third-order valence-corrected chi connectivity index (χ3v) is 3.95. The SMILES string of the molecule is CCCCCCCCCCCCCOCCOCCN(C)C. The molecule has 0 N–H and O–H groups in total. The molecule has 3 heteroatoms. The van der Waals surface area contributed by atoms with Crippen LogP contribution in [0.5, 0.6) is 0 Å². The maximum absolute atomic E-state index is 5.58. The highest BCUT2D eigenvalue weighted by Crippen LogP contribution is 2.11. The lowest BCUT2D eigenvalue weighted by Crippen LogP contribution is -2.19. The van der Waals surface area contributed by atoms with Gasteiger partial charge in [-0.15, -0.1) is 0 Å². The van der Waals surface area contributed by atoms with Crippen LogP contribution in [0.3, 0.4) is 0 Å². The van der Waals surface area contributed by atoms with Crippen LogP contribution >= 0.6 is 0 Å². The number of likely N-dealkylation sites (N-methyl/N-ethyl adjacent to an activating group) is 1. The highest BCUT2D eigenvalue weighted by Gasteiger charge is 1.94. The van der Waals surface area contributed by atoms with Crippen molar-refractivity contribution in [3.05, 3.63) is 0 Å². The molecule has 0 rings (SSSR count). The van der Waals surface area contributed by atoms with Gasteiger partial charge in [0, 0.05) is 13.2 Å². The van der Waals surface area contributed by atoms with E-state index in [4.69, 9.17) is 9.47 Å². The van der Waals surface area contributed by atoms with E-state index < -0.39 is 0 Å². The summed E-state index contributed by atoms with van der Waals surface area (Å²) in [5.74, 6) is 0. The van der Waals surface area contributed by atoms with Gasteiger partial charge < -0.3 is 14.4 Å². The second kappa shape index (κ2) is 18.9. The van der Waals surface area contributed by atoms with Gasteiger partial charge in [-0.3, -0.25) is 0 Å². The predicted molar refractivity (Wildman–Crippen MR) is 96.7 cm³/mol. The molecular weight excluding hydrogens is 274 g/mol. The van der Waals surface area contributed by atoms with E-state index in [2.05, 4.69) is 25.9 Å². The van der Waals surface area contributed by atoms with Gasteiger partial charge in [0.2, 0.25) is 0 Å². The van der Waals surface area contributed by atoms with Crippen molar-refractivity contribution in [2.75, 3.05) is 47.1 Å². The lowest BCUT2D eigenvalue weighted by Gasteiger charge is -2.10. The topological polar surface area (TPSA) is 21.7 Å². The van der Waals surface area contributed by atoms with E-state index in [-0.39, 0.29) is 0 Å². The Balaban J connectivity index is 2.94. The average molecular weight is 316 g/mol. The Labute approximate surface area is 139 Å². The van der Waals surface area contributed by atoms with Gasteiger partial charge in [0.25, 0.3) is 0 Å². The van der Waals surface area contributed by atoms with Crippen molar-refractivity contribution in [1.82, 2.24) is 4.90 Å². The van der Waals surface area contributed by atoms with Crippen molar-refractivity contribution in [1.29, 1.82) is 0 Å². The fourth-order valence-corrected chi connectivity index (χ4v) is 2.44. The Morgan fingerprint density at radius 2 is 1.00 bits per heavy atom. The van der Waals surface area contributed by atoms with Crippen molar-refractivity contribution in [2.45, 2.75) is 77.6 Å². The van der Waals surface area contributed by atoms with Crippen LogP contribution in [0.1, 0.15) is 77.6 Å². The summed E-state index contributed by atoms with van der Waals surface area (Å²) in [7, 11) is 4.12. The van der Waals surface area contributed by atoms with Gasteiger partial charge in [-0.05, 0) is 20.5 Å². The van der Waals surface area contributed by atoms with Gasteiger partial charge in [0.15, 0.2) is 0 Å². The number of rotatable bonds is 18. The third-order valence-electron chi connectivity index (χ3n) is 3.95. The molecular formula is C19H41NO2. The highest BCUT2D eigenvalue weighted by atomic mass is 16.5. The molecule has 0 unspecified atom stereocenters. The van der Waals surface area contributed by atoms with E-state index >= 15 is 0 Å². The van der Waals surface area contributed by atoms with Crippen molar-refractivity contribution >= 4 is 0 Å². The number of ether oxygens (including phenoxy) is 2. The van der Waals surface area contributed by atoms with Gasteiger partial charge in [0.05, 0.1) is 19.8 Å². The number of hydrogen-bond acceptors (Lipinski definition) is 3. The van der Waals surface area contributed by atoms with Crippen LogP contribution in [-0.4, -0.2) is 52.0 Å². The summed E-state index contributed by atoms with van der Waals surface area (Å²) in [5.41, 5.74) is 0. The van der Waals surface area contributed by atoms with Crippen LogP contribution in [0.4, 0.5) is 0 Å². The Morgan fingerprint density at radius 3 is 1.50 bits per heavy atom. The molecule has 0 aliphatic carbocycles. The summed E-state index contributed by atoms with van der Waals surface area (Å²) < 4.78 is 11.1. The molecule has 0 amide bonds. The predicted octanol–water partition coefficient (Wildman–Crippen LogP) is 4.89. The lowest BCUT2D eigenvalue weighted by atomic mass is 10.1. The van der Waals surface area contributed by atoms with E-state index in [1.54, 1.807) is 0 Å². The van der Waals surface area contributed by atoms with Gasteiger partial charge in [-0.2, -0.15) is 0 Å². The van der Waals surface area contributed by atoms with Crippen LogP contribution in [0.15, 0.2) is 0 Å². The molecule has 0 saturated heterocycles. The largest absolute Gasteiger partial charge is 0.379 e. The van der Waals surface area contributed by atoms with Crippen molar-refractivity contribution in [3.63, 3.8) is 0 Å². The first kappa shape index (κ1) is 21.9. The zero-order valence-electron chi connectivity index (χ0n) is 15.6. The van der Waals surface area contributed by atoms with E-state index in [9.17, 15) is 0 Å². The molecule has 134 valence electrons. The summed E-state index contributed by atoms with van der Waals surface area (Å²) in [6.07, 6.45) is 15.2. The molecule has 0 aliphatic rings. The normalized spacial score (nSPS) is 11.5. The fraction of sp³-hybridized carbons (Fsp3) is 1.00. The standard InChI is InChI=1S/C19H41NO2/c1-4-5-6-7-8-9-10-11-12-13-14-16-21-18-19-22-17-15-20(2)3/h4-19H2,1-3H3. The van der Waals surface area contributed by atoms with Gasteiger partial charge in [0.1, 0.15) is 0 Å². The Bertz CT molecular complexity index is 198. The molecule has 0 aromatic rings. The first-order chi connectivity index (χ1) is 10.8. The molecule has 0 bridgehead atoms. The van der Waals surface area contributed by atoms with E-state index in [0.29, 0.717) is 0 Å². The van der Waals surface area contributed by atoms with Crippen LogP contribution in [0.25, 0.3) is 0 Å². The first-order valence-corrected chi connectivity index (χ1v) is 9.57. The minimum atomic E-state index is 0.728. The maximum atomic E-state index is 5.58. The summed E-state index contributed by atoms with van der Waals surface area (Å²) >= 11 is 0.